The van der Waals surface area contributed by atoms with Crippen LogP contribution in [0.5, 0.6) is 0 Å². The summed E-state index contributed by atoms with van der Waals surface area (Å²) in [7, 11) is 6.65. The Bertz CT molecular complexity index is 2310. The minimum atomic E-state index is -1.03. The number of nitrogens with two attached hydrogens (primary N) is 1. The number of nitrogens with one attached hydrogen (secondary N) is 4. The number of benzene rings is 1. The first-order valence-corrected chi connectivity index (χ1v) is 30.1. The van der Waals surface area contributed by atoms with Gasteiger partial charge >= 0.3 is 5.97 Å². The number of ether oxygens (including phenoxy) is 5. The van der Waals surface area contributed by atoms with E-state index in [-0.39, 0.29) is 79.1 Å². The fraction of sp³-hybridized carbons (Fsp3) is 0.750. The molecule has 23 heteroatoms. The zero-order chi connectivity index (χ0) is 61.2. The Morgan fingerprint density at radius 3 is 2.16 bits per heavy atom. The molecule has 6 amide bonds. The number of hydroxylamine groups is 2. The predicted octanol–water partition coefficient (Wildman–Crippen LogP) is 3.91. The number of aliphatic carboxylic acids is 1. The highest BCUT2D eigenvalue weighted by Crippen LogP contribution is 2.30. The summed E-state index contributed by atoms with van der Waals surface area (Å²) in [4.78, 5) is 109. The molecule has 7 N–H and O–H groups in total. The lowest BCUT2D eigenvalue weighted by molar-refractivity contribution is -0.199. The number of para-hydroxylation sites is 1. The fourth-order valence-corrected chi connectivity index (χ4v) is 11.2. The third kappa shape index (κ3) is 21.6. The number of methoxy groups -OCH3 is 2. The molecule has 2 aliphatic rings. The molecule has 2 aromatic rings. The van der Waals surface area contributed by atoms with Gasteiger partial charge in [-0.25, -0.2) is 5.06 Å². The lowest BCUT2D eigenvalue weighted by Gasteiger charge is -2.41. The number of aromatic nitrogens is 1. The Morgan fingerprint density at radius 2 is 1.53 bits per heavy atom. The molecule has 10 atom stereocenters. The zero-order valence-corrected chi connectivity index (χ0v) is 51.5. The molecule has 1 aromatic heterocycles. The highest BCUT2D eigenvalue weighted by molar-refractivity contribution is 5.91. The largest absolute Gasteiger partial charge is 0.480 e. The lowest BCUT2D eigenvalue weighted by Crippen LogP contribution is -2.60. The van der Waals surface area contributed by atoms with Gasteiger partial charge in [0, 0.05) is 77.4 Å². The molecular formula is C60H101N9O14. The van der Waals surface area contributed by atoms with Gasteiger partial charge in [-0.15, -0.1) is 0 Å². The quantitative estimate of drug-likeness (QED) is 0.0518. The van der Waals surface area contributed by atoms with Crippen molar-refractivity contribution in [3.63, 3.8) is 0 Å². The van der Waals surface area contributed by atoms with E-state index in [4.69, 9.17) is 39.4 Å². The van der Waals surface area contributed by atoms with Gasteiger partial charge in [0.15, 0.2) is 0 Å². The molecule has 23 nitrogen and oxygen atoms in total. The van der Waals surface area contributed by atoms with Crippen LogP contribution in [-0.2, 0) is 68.5 Å². The third-order valence-corrected chi connectivity index (χ3v) is 16.2. The van der Waals surface area contributed by atoms with Crippen LogP contribution in [0.1, 0.15) is 118 Å². The number of fused-ring (bicyclic) bond motifs is 1. The molecule has 83 heavy (non-hydrogen) atoms. The number of nitrogens with zero attached hydrogens (tertiary/aromatic N) is 4. The van der Waals surface area contributed by atoms with Crippen LogP contribution in [0.2, 0.25) is 0 Å². The Balaban J connectivity index is 1.30. The number of likely N-dealkylation sites (N-methyl/N-ethyl adjacent to an activating group) is 2. The number of hydrogen-bond acceptors (Lipinski definition) is 15. The first-order valence-electron chi connectivity index (χ1n) is 30.1. The molecule has 0 saturated carbocycles. The average molecular weight is 1170 g/mol. The minimum absolute atomic E-state index is 0.0453. The van der Waals surface area contributed by atoms with E-state index in [1.165, 1.54) is 12.2 Å². The van der Waals surface area contributed by atoms with Crippen LogP contribution in [0.15, 0.2) is 30.5 Å². The number of hydrogen-bond donors (Lipinski definition) is 6. The molecule has 0 bridgehead atoms. The van der Waals surface area contributed by atoms with Crippen LogP contribution < -0.4 is 21.7 Å². The molecule has 2 fully saturated rings. The highest BCUT2D eigenvalue weighted by atomic mass is 16.7. The summed E-state index contributed by atoms with van der Waals surface area (Å²) in [6.45, 7) is 17.6. The van der Waals surface area contributed by atoms with Crippen molar-refractivity contribution in [2.45, 2.75) is 168 Å². The second kappa shape index (κ2) is 36.5. The maximum absolute atomic E-state index is 14.8. The zero-order valence-electron chi connectivity index (χ0n) is 51.5. The Hall–Kier alpha value is -5.27. The summed E-state index contributed by atoms with van der Waals surface area (Å²) in [5.74, 6) is -3.92. The summed E-state index contributed by atoms with van der Waals surface area (Å²) < 4.78 is 29.2. The van der Waals surface area contributed by atoms with Crippen molar-refractivity contribution in [3.05, 3.63) is 36.0 Å². The summed E-state index contributed by atoms with van der Waals surface area (Å²) in [5, 5.41) is 20.1. The second-order valence-electron chi connectivity index (χ2n) is 23.0. The van der Waals surface area contributed by atoms with E-state index < -0.39 is 60.3 Å². The Kier molecular flexibility index (Phi) is 30.9. The molecule has 0 radical (unpaired) electrons. The van der Waals surface area contributed by atoms with Crippen LogP contribution in [0.25, 0.3) is 10.9 Å². The van der Waals surface area contributed by atoms with Gasteiger partial charge in [-0.2, -0.15) is 0 Å². The van der Waals surface area contributed by atoms with E-state index in [1.807, 2.05) is 84.0 Å². The van der Waals surface area contributed by atoms with E-state index in [0.717, 1.165) is 29.3 Å². The van der Waals surface area contributed by atoms with Gasteiger partial charge in [0.05, 0.1) is 88.9 Å². The first kappa shape index (κ1) is 70.2. The SMILES string of the molecule is CC[C@H](C)[C@@H]([C@@H](CC(=O)N1CCC[C@H]1[C@H](OC)[C@@H](C)C(=O)N[C@@H](Cc1c[nH]c2ccccc12)C(=O)N1CCCCO1)OC)N(C)C(=O)[C@@H](NC(=O)[C@H](C(C)C)N(C)CCOCCOCCOCCC(=O)NCCCC[C@H](N)C(=O)O)C(C)C. The van der Waals surface area contributed by atoms with Gasteiger partial charge in [0.2, 0.25) is 29.5 Å². The van der Waals surface area contributed by atoms with Crippen molar-refractivity contribution in [2.24, 2.45) is 29.4 Å². The van der Waals surface area contributed by atoms with E-state index in [9.17, 15) is 33.6 Å². The molecular weight excluding hydrogens is 1070 g/mol. The van der Waals surface area contributed by atoms with Crippen LogP contribution >= 0.6 is 0 Å². The summed E-state index contributed by atoms with van der Waals surface area (Å²) >= 11 is 0. The third-order valence-electron chi connectivity index (χ3n) is 16.2. The van der Waals surface area contributed by atoms with Crippen molar-refractivity contribution in [3.8, 4) is 0 Å². The van der Waals surface area contributed by atoms with Crippen LogP contribution in [0, 0.1) is 23.7 Å². The Labute approximate surface area is 492 Å². The smallest absolute Gasteiger partial charge is 0.320 e. The van der Waals surface area contributed by atoms with E-state index >= 15 is 0 Å². The highest BCUT2D eigenvalue weighted by Gasteiger charge is 2.44. The molecule has 3 heterocycles. The van der Waals surface area contributed by atoms with Crippen molar-refractivity contribution >= 4 is 52.3 Å². The Morgan fingerprint density at radius 1 is 0.843 bits per heavy atom. The standard InChI is InChI=1S/C60H101N9O14/c1-12-41(6)54(67(9)59(75)52(39(2)3)65-57(73)53(40(4)5)66(8)28-31-81-33-35-82-34-32-80-30-24-50(70)62-25-16-15-21-45(61)60(76)77)49(78-10)37-51(71)68-26-19-23-48(68)55(79-11)42(7)56(72)64-47(58(74)69-27-17-18-29-83-69)36-43-38-63-46-22-14-13-20-44(43)46/h13-14,20,22,38-42,45,47-49,52-55,63H,12,15-19,21,23-37,61H2,1-11H3,(H,62,70)(H,64,72)(H,65,73)(H,76,77)/t41-,42+,45-,47-,48-,49+,52-,53-,54-,55+/m0/s1. The number of rotatable bonds is 39. The number of aromatic amines is 1. The van der Waals surface area contributed by atoms with Gasteiger partial charge in [0.25, 0.3) is 5.91 Å². The number of carboxylic acid groups (broad SMARTS) is 1. The average Bonchev–Trinajstić information content (AvgIpc) is 4.12. The number of carbonyl (C=O) groups is 7. The van der Waals surface area contributed by atoms with Crippen molar-refractivity contribution in [2.75, 3.05) is 101 Å². The molecule has 1 aromatic carbocycles. The van der Waals surface area contributed by atoms with E-state index in [1.54, 1.807) is 30.9 Å². The first-order chi connectivity index (χ1) is 39.7. The molecule has 470 valence electrons. The maximum atomic E-state index is 14.8. The second-order valence-corrected chi connectivity index (χ2v) is 23.0. The van der Waals surface area contributed by atoms with Crippen LogP contribution in [0.4, 0.5) is 0 Å². The molecule has 2 saturated heterocycles. The topological polar surface area (TPSA) is 286 Å². The maximum Gasteiger partial charge on any atom is 0.320 e. The minimum Gasteiger partial charge on any atom is -0.480 e. The predicted molar refractivity (Wildman–Crippen MR) is 315 cm³/mol. The van der Waals surface area contributed by atoms with Crippen LogP contribution in [0.3, 0.4) is 0 Å². The number of unbranched alkanes of at least 4 members (excludes halogenated alkanes) is 1. The fourth-order valence-electron chi connectivity index (χ4n) is 11.2. The van der Waals surface area contributed by atoms with Gasteiger partial charge in [-0.3, -0.25) is 43.3 Å². The molecule has 0 spiro atoms. The number of H-pyrrole nitrogens is 1. The van der Waals surface area contributed by atoms with Crippen molar-refractivity contribution in [1.29, 1.82) is 0 Å². The number of amides is 6. The normalized spacial score (nSPS) is 18.1. The van der Waals surface area contributed by atoms with Crippen molar-refractivity contribution < 1.29 is 67.2 Å². The van der Waals surface area contributed by atoms with E-state index in [2.05, 4.69) is 20.9 Å². The molecule has 2 aliphatic heterocycles. The van der Waals surface area contributed by atoms with Gasteiger partial charge in [-0.1, -0.05) is 73.1 Å². The molecule has 4 rings (SSSR count). The summed E-state index contributed by atoms with van der Waals surface area (Å²) in [6, 6.07) is 3.55. The van der Waals surface area contributed by atoms with E-state index in [0.29, 0.717) is 104 Å². The van der Waals surface area contributed by atoms with Gasteiger partial charge < -0.3 is 65.3 Å². The van der Waals surface area contributed by atoms with Gasteiger partial charge in [0.1, 0.15) is 18.1 Å². The summed E-state index contributed by atoms with van der Waals surface area (Å²) in [5.41, 5.74) is 7.30. The van der Waals surface area contributed by atoms with Gasteiger partial charge in [-0.05, 0) is 81.4 Å². The number of carboxylic acids is 1. The molecule has 0 unspecified atom stereocenters. The van der Waals surface area contributed by atoms with Crippen molar-refractivity contribution in [1.82, 2.24) is 40.7 Å². The lowest BCUT2D eigenvalue weighted by atomic mass is 9.89. The molecule has 0 aliphatic carbocycles. The van der Waals surface area contributed by atoms with Crippen LogP contribution in [-0.4, -0.2) is 220 Å². The number of likely N-dealkylation sites (tertiary alicyclic amines) is 1. The summed E-state index contributed by atoms with van der Waals surface area (Å²) in [6.07, 6.45) is 6.05. The number of carbonyl (C=O) groups excluding carboxylic acids is 6. The monoisotopic (exact) mass is 1170 g/mol.